The summed E-state index contributed by atoms with van der Waals surface area (Å²) in [5, 5.41) is 0.719. The molecule has 0 bridgehead atoms. The Balaban J connectivity index is 1.52. The highest BCUT2D eigenvalue weighted by Gasteiger charge is 2.21. The van der Waals surface area contributed by atoms with Crippen LogP contribution in [-0.4, -0.2) is 36.1 Å². The van der Waals surface area contributed by atoms with Gasteiger partial charge in [-0.2, -0.15) is 0 Å². The van der Waals surface area contributed by atoms with E-state index in [2.05, 4.69) is 4.98 Å². The lowest BCUT2D eigenvalue weighted by molar-refractivity contribution is 0.0788. The lowest BCUT2D eigenvalue weighted by atomic mass is 10.2. The van der Waals surface area contributed by atoms with Gasteiger partial charge >= 0.3 is 0 Å². The zero-order valence-corrected chi connectivity index (χ0v) is 16.3. The van der Waals surface area contributed by atoms with Crippen molar-refractivity contribution in [3.63, 3.8) is 0 Å². The number of aryl methyl sites for hydroxylation is 2. The molecule has 7 heteroatoms. The highest BCUT2D eigenvalue weighted by Crippen LogP contribution is 2.32. The zero-order chi connectivity index (χ0) is 19.0. The van der Waals surface area contributed by atoms with Crippen LogP contribution in [0.25, 0.3) is 10.8 Å². The summed E-state index contributed by atoms with van der Waals surface area (Å²) in [6.45, 7) is 5.31. The van der Waals surface area contributed by atoms with E-state index in [9.17, 15) is 4.79 Å². The Morgan fingerprint density at radius 3 is 2.67 bits per heavy atom. The van der Waals surface area contributed by atoms with E-state index in [4.69, 9.17) is 13.9 Å². The molecule has 0 spiro atoms. The predicted octanol–water partition coefficient (Wildman–Crippen LogP) is 4.06. The number of hydrogen-bond acceptors (Lipinski definition) is 6. The minimum Gasteiger partial charge on any atom is -0.486 e. The average Bonchev–Trinajstić information content (AvgIpc) is 3.26. The van der Waals surface area contributed by atoms with Crippen LogP contribution in [0, 0.1) is 13.8 Å². The number of hydrogen-bond donors (Lipinski definition) is 0. The summed E-state index contributed by atoms with van der Waals surface area (Å²) in [4.78, 5) is 19.7. The molecular weight excluding hydrogens is 364 g/mol. The van der Waals surface area contributed by atoms with Crippen LogP contribution < -0.4 is 9.47 Å². The van der Waals surface area contributed by atoms with E-state index in [0.717, 1.165) is 27.8 Å². The van der Waals surface area contributed by atoms with Gasteiger partial charge in [-0.05, 0) is 43.7 Å². The Kier molecular flexibility index (Phi) is 4.61. The third-order valence-corrected chi connectivity index (χ3v) is 5.47. The molecule has 0 saturated carbocycles. The highest BCUT2D eigenvalue weighted by molar-refractivity contribution is 7.17. The maximum absolute atomic E-state index is 12.9. The molecular formula is C20H20N2O4S. The van der Waals surface area contributed by atoms with Crippen LogP contribution in [0.4, 0.5) is 0 Å². The number of thiazole rings is 1. The van der Waals surface area contributed by atoms with Crippen molar-refractivity contribution in [1.29, 1.82) is 0 Å². The van der Waals surface area contributed by atoms with Crippen LogP contribution in [0.5, 0.6) is 11.5 Å². The number of ether oxygens (including phenoxy) is 2. The average molecular weight is 384 g/mol. The fraction of sp³-hybridized carbons (Fsp3) is 0.300. The summed E-state index contributed by atoms with van der Waals surface area (Å²) < 4.78 is 16.8. The Hall–Kier alpha value is -2.80. The van der Waals surface area contributed by atoms with E-state index in [-0.39, 0.29) is 5.91 Å². The van der Waals surface area contributed by atoms with Crippen molar-refractivity contribution >= 4 is 17.2 Å². The monoisotopic (exact) mass is 384 g/mol. The fourth-order valence-electron chi connectivity index (χ4n) is 2.95. The second-order valence-electron chi connectivity index (χ2n) is 6.48. The van der Waals surface area contributed by atoms with Crippen molar-refractivity contribution in [1.82, 2.24) is 9.88 Å². The number of fused-ring (bicyclic) bond motifs is 1. The van der Waals surface area contributed by atoms with Crippen LogP contribution in [0.2, 0.25) is 0 Å². The first-order chi connectivity index (χ1) is 13.0. The topological polar surface area (TPSA) is 64.8 Å². The van der Waals surface area contributed by atoms with E-state index >= 15 is 0 Å². The molecule has 3 heterocycles. The Labute approximate surface area is 161 Å². The first-order valence-corrected chi connectivity index (χ1v) is 9.51. The largest absolute Gasteiger partial charge is 0.486 e. The van der Waals surface area contributed by atoms with Gasteiger partial charge in [-0.3, -0.25) is 4.79 Å². The fourth-order valence-corrected chi connectivity index (χ4v) is 3.98. The predicted molar refractivity (Wildman–Crippen MR) is 103 cm³/mol. The zero-order valence-electron chi connectivity index (χ0n) is 15.4. The molecule has 4 rings (SSSR count). The molecule has 1 aliphatic rings. The third kappa shape index (κ3) is 3.55. The van der Waals surface area contributed by atoms with Gasteiger partial charge < -0.3 is 18.8 Å². The van der Waals surface area contributed by atoms with E-state index in [0.29, 0.717) is 36.1 Å². The van der Waals surface area contributed by atoms with Gasteiger partial charge in [0.15, 0.2) is 22.3 Å². The minimum atomic E-state index is -0.0607. The molecule has 0 unspecified atom stereocenters. The van der Waals surface area contributed by atoms with Crippen LogP contribution in [0.1, 0.15) is 26.7 Å². The van der Waals surface area contributed by atoms with Gasteiger partial charge in [0.2, 0.25) is 0 Å². The number of rotatable bonds is 4. The van der Waals surface area contributed by atoms with E-state index in [1.807, 2.05) is 44.2 Å². The molecule has 2 aromatic heterocycles. The molecule has 1 aliphatic heterocycles. The van der Waals surface area contributed by atoms with Crippen molar-refractivity contribution in [2.45, 2.75) is 20.4 Å². The van der Waals surface area contributed by atoms with Crippen molar-refractivity contribution in [2.75, 3.05) is 20.3 Å². The maximum atomic E-state index is 12.9. The molecule has 3 aromatic rings. The summed E-state index contributed by atoms with van der Waals surface area (Å²) in [6.07, 6.45) is 0. The molecule has 1 amide bonds. The van der Waals surface area contributed by atoms with Crippen LogP contribution in [-0.2, 0) is 6.54 Å². The minimum absolute atomic E-state index is 0.0607. The van der Waals surface area contributed by atoms with Gasteiger partial charge in [0.1, 0.15) is 23.9 Å². The lowest BCUT2D eigenvalue weighted by Gasteiger charge is -2.21. The lowest BCUT2D eigenvalue weighted by Crippen LogP contribution is -2.26. The molecule has 0 aliphatic carbocycles. The molecule has 0 N–H and O–H groups in total. The molecule has 1 aromatic carbocycles. The van der Waals surface area contributed by atoms with Crippen LogP contribution >= 0.6 is 11.3 Å². The van der Waals surface area contributed by atoms with Gasteiger partial charge in [-0.25, -0.2) is 4.98 Å². The second-order valence-corrected chi connectivity index (χ2v) is 7.48. The van der Waals surface area contributed by atoms with Crippen molar-refractivity contribution in [3.05, 3.63) is 52.2 Å². The summed E-state index contributed by atoms with van der Waals surface area (Å²) in [7, 11) is 1.79. The number of aromatic nitrogens is 1. The number of furan rings is 1. The summed E-state index contributed by atoms with van der Waals surface area (Å²) in [5.41, 5.74) is 1.70. The molecule has 0 fully saturated rings. The number of amides is 1. The summed E-state index contributed by atoms with van der Waals surface area (Å²) >= 11 is 1.36. The van der Waals surface area contributed by atoms with Gasteiger partial charge in [0, 0.05) is 13.6 Å². The number of nitrogens with zero attached hydrogens (tertiary/aromatic N) is 2. The molecule has 0 atom stereocenters. The molecule has 140 valence electrons. The summed E-state index contributed by atoms with van der Waals surface area (Å²) in [6, 6.07) is 9.53. The standard InChI is InChI=1S/C20H20N2O4S/c1-12-4-6-16(26-12)19-21-13(2)18(27-19)20(23)22(3)11-14-5-7-15-17(10-14)25-9-8-24-15/h4-7,10H,8-9,11H2,1-3H3. The summed E-state index contributed by atoms with van der Waals surface area (Å²) in [5.74, 6) is 2.92. The third-order valence-electron chi connectivity index (χ3n) is 4.32. The Bertz CT molecular complexity index is 992. The Morgan fingerprint density at radius 2 is 1.93 bits per heavy atom. The van der Waals surface area contributed by atoms with E-state index in [1.54, 1.807) is 11.9 Å². The Morgan fingerprint density at radius 1 is 1.15 bits per heavy atom. The van der Waals surface area contributed by atoms with Gasteiger partial charge in [0.05, 0.1) is 5.69 Å². The SMILES string of the molecule is Cc1ccc(-c2nc(C)c(C(=O)N(C)Cc3ccc4c(c3)OCCO4)s2)o1. The van der Waals surface area contributed by atoms with E-state index < -0.39 is 0 Å². The normalized spacial score (nSPS) is 12.9. The van der Waals surface area contributed by atoms with Crippen molar-refractivity contribution < 1.29 is 18.7 Å². The van der Waals surface area contributed by atoms with E-state index in [1.165, 1.54) is 11.3 Å². The first kappa shape index (κ1) is 17.6. The number of carbonyl (C=O) groups excluding carboxylic acids is 1. The van der Waals surface area contributed by atoms with Gasteiger partial charge in [-0.1, -0.05) is 6.07 Å². The second kappa shape index (κ2) is 7.08. The van der Waals surface area contributed by atoms with Crippen molar-refractivity contribution in [3.8, 4) is 22.3 Å². The highest BCUT2D eigenvalue weighted by atomic mass is 32.1. The molecule has 0 saturated heterocycles. The first-order valence-electron chi connectivity index (χ1n) is 8.69. The van der Waals surface area contributed by atoms with Crippen molar-refractivity contribution in [2.24, 2.45) is 0 Å². The quantitative estimate of drug-likeness (QED) is 0.679. The maximum Gasteiger partial charge on any atom is 0.265 e. The van der Waals surface area contributed by atoms with Gasteiger partial charge in [0.25, 0.3) is 5.91 Å². The van der Waals surface area contributed by atoms with Crippen LogP contribution in [0.3, 0.4) is 0 Å². The van der Waals surface area contributed by atoms with Crippen LogP contribution in [0.15, 0.2) is 34.7 Å². The van der Waals surface area contributed by atoms with Gasteiger partial charge in [-0.15, -0.1) is 11.3 Å². The molecule has 6 nitrogen and oxygen atoms in total. The smallest absolute Gasteiger partial charge is 0.265 e. The molecule has 27 heavy (non-hydrogen) atoms. The number of benzene rings is 1. The molecule has 0 radical (unpaired) electrons. The number of carbonyl (C=O) groups is 1.